The monoisotopic (exact) mass is 604 g/mol. The lowest BCUT2D eigenvalue weighted by Gasteiger charge is -2.26. The molecule has 2 heterocycles. The van der Waals surface area contributed by atoms with Gasteiger partial charge in [-0.2, -0.15) is 26.3 Å². The van der Waals surface area contributed by atoms with E-state index >= 15 is 26.3 Å². The summed E-state index contributed by atoms with van der Waals surface area (Å²) in [6, 6.07) is 20.6. The van der Waals surface area contributed by atoms with E-state index in [-0.39, 0.29) is 35.8 Å². The van der Waals surface area contributed by atoms with E-state index in [1.54, 1.807) is 60.7 Å². The number of allylic oxidation sites excluding steroid dienone is 2. The van der Waals surface area contributed by atoms with Crippen molar-refractivity contribution >= 4 is 33.8 Å². The summed E-state index contributed by atoms with van der Waals surface area (Å²) in [7, 11) is 0. The van der Waals surface area contributed by atoms with E-state index in [0.717, 1.165) is 0 Å². The Hall–Kier alpha value is -2.84. The van der Waals surface area contributed by atoms with E-state index in [0.29, 0.717) is 30.6 Å². The summed E-state index contributed by atoms with van der Waals surface area (Å²) in [6.45, 7) is 7.51. The van der Waals surface area contributed by atoms with E-state index in [1.807, 2.05) is 27.7 Å². The zero-order valence-corrected chi connectivity index (χ0v) is 24.7. The average molecular weight is 605 g/mol. The maximum Gasteiger partial charge on any atom is 0.380 e. The van der Waals surface area contributed by atoms with Crippen LogP contribution in [0.4, 0.5) is 26.3 Å². The lowest BCUT2D eigenvalue weighted by Crippen LogP contribution is -2.49. The first-order chi connectivity index (χ1) is 19.3. The highest BCUT2D eigenvalue weighted by Gasteiger charge is 2.80. The molecule has 0 nitrogen and oxygen atoms in total. The van der Waals surface area contributed by atoms with Gasteiger partial charge in [-0.05, 0) is 59.1 Å². The Morgan fingerprint density at radius 1 is 0.561 bits per heavy atom. The Balaban J connectivity index is 1.85. The summed E-state index contributed by atoms with van der Waals surface area (Å²) < 4.78 is 94.1. The van der Waals surface area contributed by atoms with Gasteiger partial charge in [-0.1, -0.05) is 88.4 Å². The Morgan fingerprint density at radius 2 is 0.902 bits per heavy atom. The molecule has 4 aromatic rings. The summed E-state index contributed by atoms with van der Waals surface area (Å²) in [5, 5.41) is 0. The highest BCUT2D eigenvalue weighted by atomic mass is 32.1. The van der Waals surface area contributed by atoms with Crippen molar-refractivity contribution in [3.05, 3.63) is 93.7 Å². The zero-order valence-electron chi connectivity index (χ0n) is 23.1. The van der Waals surface area contributed by atoms with Crippen LogP contribution < -0.4 is 0 Å². The van der Waals surface area contributed by atoms with Crippen LogP contribution in [-0.2, 0) is 12.8 Å². The SMILES string of the molecule is CC(C)Cc1sc(-c2ccccc2)cc1C1=C(c2cc(-c3ccccc3)sc2CC(C)C)C(F)(F)C(F)(F)C1(F)F. The molecule has 0 amide bonds. The molecule has 5 rings (SSSR count). The van der Waals surface area contributed by atoms with Gasteiger partial charge in [0.15, 0.2) is 0 Å². The molecule has 0 radical (unpaired) electrons. The second-order valence-corrected chi connectivity index (χ2v) is 13.6. The second-order valence-electron chi connectivity index (χ2n) is 11.3. The van der Waals surface area contributed by atoms with Gasteiger partial charge in [0.25, 0.3) is 0 Å². The molecule has 216 valence electrons. The number of alkyl halides is 6. The molecule has 0 fully saturated rings. The Kier molecular flexibility index (Phi) is 7.79. The van der Waals surface area contributed by atoms with Crippen LogP contribution >= 0.6 is 22.7 Å². The van der Waals surface area contributed by atoms with Crippen LogP contribution in [0, 0.1) is 11.8 Å². The summed E-state index contributed by atoms with van der Waals surface area (Å²) in [5.41, 5.74) is -1.55. The molecule has 2 aromatic heterocycles. The molecule has 41 heavy (non-hydrogen) atoms. The molecule has 0 saturated carbocycles. The summed E-state index contributed by atoms with van der Waals surface area (Å²) >= 11 is 2.38. The lowest BCUT2D eigenvalue weighted by molar-refractivity contribution is -0.254. The molecule has 8 heteroatoms. The molecular formula is C33H30F6S2. The van der Waals surface area contributed by atoms with E-state index < -0.39 is 28.9 Å². The van der Waals surface area contributed by atoms with Gasteiger partial charge in [0, 0.05) is 30.7 Å². The molecule has 0 saturated heterocycles. The van der Waals surface area contributed by atoms with Gasteiger partial charge >= 0.3 is 17.8 Å². The van der Waals surface area contributed by atoms with Gasteiger partial charge in [0.2, 0.25) is 0 Å². The predicted octanol–water partition coefficient (Wildman–Crippen LogP) is 11.4. The highest BCUT2D eigenvalue weighted by Crippen LogP contribution is 2.66. The quantitative estimate of drug-likeness (QED) is 0.176. The average Bonchev–Trinajstić information content (AvgIpc) is 3.53. The maximum atomic E-state index is 15.9. The highest BCUT2D eigenvalue weighted by molar-refractivity contribution is 7.16. The summed E-state index contributed by atoms with van der Waals surface area (Å²) in [4.78, 5) is 1.91. The molecule has 0 spiro atoms. The fourth-order valence-electron chi connectivity index (χ4n) is 5.25. The van der Waals surface area contributed by atoms with Gasteiger partial charge in [0.05, 0.1) is 0 Å². The largest absolute Gasteiger partial charge is 0.380 e. The zero-order chi connectivity index (χ0) is 29.7. The van der Waals surface area contributed by atoms with Crippen molar-refractivity contribution in [2.45, 2.75) is 58.3 Å². The molecule has 2 aromatic carbocycles. The molecule has 0 aliphatic heterocycles. The van der Waals surface area contributed by atoms with Crippen LogP contribution in [0.2, 0.25) is 0 Å². The lowest BCUT2D eigenvalue weighted by atomic mass is 9.91. The molecule has 0 unspecified atom stereocenters. The smallest absolute Gasteiger partial charge is 0.194 e. The van der Waals surface area contributed by atoms with Crippen LogP contribution in [0.15, 0.2) is 72.8 Å². The van der Waals surface area contributed by atoms with Crippen molar-refractivity contribution in [2.75, 3.05) is 0 Å². The molecule has 0 atom stereocenters. The van der Waals surface area contributed by atoms with Gasteiger partial charge < -0.3 is 0 Å². The third-order valence-electron chi connectivity index (χ3n) is 7.13. The molecule has 0 bridgehead atoms. The van der Waals surface area contributed by atoms with E-state index in [2.05, 4.69) is 0 Å². The molecular weight excluding hydrogens is 574 g/mol. The molecule has 1 aliphatic carbocycles. The van der Waals surface area contributed by atoms with Gasteiger partial charge in [-0.3, -0.25) is 0 Å². The number of rotatable bonds is 8. The second kappa shape index (κ2) is 10.8. The van der Waals surface area contributed by atoms with Crippen LogP contribution in [0.25, 0.3) is 32.0 Å². The summed E-state index contributed by atoms with van der Waals surface area (Å²) in [5.74, 6) is -15.8. The van der Waals surface area contributed by atoms with Crippen LogP contribution in [-0.4, -0.2) is 17.8 Å². The van der Waals surface area contributed by atoms with Crippen LogP contribution in [0.5, 0.6) is 0 Å². The minimum absolute atomic E-state index is 0.0153. The van der Waals surface area contributed by atoms with Crippen molar-refractivity contribution in [1.82, 2.24) is 0 Å². The van der Waals surface area contributed by atoms with Crippen molar-refractivity contribution < 1.29 is 26.3 Å². The predicted molar refractivity (Wildman–Crippen MR) is 158 cm³/mol. The number of hydrogen-bond donors (Lipinski definition) is 0. The number of halogens is 6. The van der Waals surface area contributed by atoms with E-state index in [1.165, 1.54) is 34.8 Å². The third kappa shape index (κ3) is 5.07. The summed E-state index contributed by atoms with van der Waals surface area (Å²) in [6.07, 6.45) is 0.573. The fraction of sp³-hybridized carbons (Fsp3) is 0.333. The van der Waals surface area contributed by atoms with E-state index in [9.17, 15) is 0 Å². The Morgan fingerprint density at radius 3 is 1.22 bits per heavy atom. The Bertz CT molecular complexity index is 1440. The minimum Gasteiger partial charge on any atom is -0.194 e. The number of hydrogen-bond acceptors (Lipinski definition) is 2. The van der Waals surface area contributed by atoms with E-state index in [4.69, 9.17) is 0 Å². The normalized spacial score (nSPS) is 17.7. The standard InChI is InChI=1S/C33H30F6S2/c1-19(2)15-27-23(17-25(40-27)21-11-7-5-8-12-21)29-30(32(36,37)33(38,39)31(29,34)35)24-18-26(22-13-9-6-10-14-22)41-28(24)16-20(3)4/h5-14,17-20H,15-16H2,1-4H3. The van der Waals surface area contributed by atoms with Crippen molar-refractivity contribution in [1.29, 1.82) is 0 Å². The van der Waals surface area contributed by atoms with Crippen LogP contribution in [0.1, 0.15) is 48.6 Å². The van der Waals surface area contributed by atoms with Crippen molar-refractivity contribution in [3.8, 4) is 20.9 Å². The Labute approximate surface area is 244 Å². The fourth-order valence-corrected chi connectivity index (χ4v) is 8.02. The molecule has 1 aliphatic rings. The van der Waals surface area contributed by atoms with Crippen LogP contribution in [0.3, 0.4) is 0 Å². The molecule has 0 N–H and O–H groups in total. The topological polar surface area (TPSA) is 0 Å². The first-order valence-corrected chi connectivity index (χ1v) is 15.1. The maximum absolute atomic E-state index is 15.9. The number of benzene rings is 2. The number of thiophene rings is 2. The third-order valence-corrected chi connectivity index (χ3v) is 9.54. The van der Waals surface area contributed by atoms with Gasteiger partial charge in [-0.25, -0.2) is 0 Å². The van der Waals surface area contributed by atoms with Gasteiger partial charge in [0.1, 0.15) is 0 Å². The first kappa shape index (κ1) is 29.6. The van der Waals surface area contributed by atoms with Crippen molar-refractivity contribution in [3.63, 3.8) is 0 Å². The van der Waals surface area contributed by atoms with Gasteiger partial charge in [-0.15, -0.1) is 22.7 Å². The van der Waals surface area contributed by atoms with Crippen molar-refractivity contribution in [2.24, 2.45) is 11.8 Å². The minimum atomic E-state index is -5.60. The first-order valence-electron chi connectivity index (χ1n) is 13.5.